The molecule has 154 valence electrons. The Morgan fingerprint density at radius 3 is 2.81 bits per heavy atom. The van der Waals surface area contributed by atoms with Crippen LogP contribution in [0.3, 0.4) is 0 Å². The van der Waals surface area contributed by atoms with Gasteiger partial charge in [0.15, 0.2) is 12.6 Å². The normalized spacial score (nSPS) is 20.1. The monoisotopic (exact) mass is 518 g/mol. The molecule has 5 nitrogen and oxygen atoms in total. The van der Waals surface area contributed by atoms with Crippen molar-refractivity contribution in [3.05, 3.63) is 23.9 Å². The topological polar surface area (TPSA) is 58.5 Å². The van der Waals surface area contributed by atoms with Crippen molar-refractivity contribution in [3.8, 4) is 5.88 Å². The number of nitrogens with zero attached hydrogens (tertiary/aromatic N) is 2. The average Bonchev–Trinajstić information content (AvgIpc) is 3.02. The highest BCUT2D eigenvalue weighted by Crippen LogP contribution is 2.36. The summed E-state index contributed by atoms with van der Waals surface area (Å²) in [5.41, 5.74) is 0.732. The van der Waals surface area contributed by atoms with E-state index in [-0.39, 0.29) is 34.6 Å². The number of rotatable bonds is 7. The van der Waals surface area contributed by atoms with E-state index in [0.29, 0.717) is 12.5 Å². The Balaban J connectivity index is 0.00000364. The molecular formula is C17H26F3IN4OS. The van der Waals surface area contributed by atoms with E-state index in [1.165, 1.54) is 30.9 Å². The van der Waals surface area contributed by atoms with E-state index in [9.17, 15) is 13.2 Å². The Morgan fingerprint density at radius 2 is 2.19 bits per heavy atom. The molecule has 10 heteroatoms. The van der Waals surface area contributed by atoms with Gasteiger partial charge < -0.3 is 15.4 Å². The van der Waals surface area contributed by atoms with Crippen molar-refractivity contribution < 1.29 is 17.9 Å². The smallest absolute Gasteiger partial charge is 0.422 e. The fraction of sp³-hybridized carbons (Fsp3) is 0.647. The van der Waals surface area contributed by atoms with Crippen molar-refractivity contribution >= 4 is 41.7 Å². The summed E-state index contributed by atoms with van der Waals surface area (Å²) in [5.74, 6) is 1.82. The molecule has 27 heavy (non-hydrogen) atoms. The number of guanidine groups is 1. The molecule has 0 aromatic carbocycles. The maximum absolute atomic E-state index is 12.2. The average molecular weight is 518 g/mol. The molecule has 1 saturated heterocycles. The minimum Gasteiger partial charge on any atom is -0.468 e. The molecule has 0 bridgehead atoms. The van der Waals surface area contributed by atoms with Crippen LogP contribution in [0.4, 0.5) is 13.2 Å². The van der Waals surface area contributed by atoms with Crippen molar-refractivity contribution in [1.29, 1.82) is 0 Å². The van der Waals surface area contributed by atoms with Gasteiger partial charge in [0.2, 0.25) is 5.88 Å². The molecule has 1 atom stereocenters. The third-order valence-corrected chi connectivity index (χ3v) is 5.42. The zero-order valence-electron chi connectivity index (χ0n) is 15.4. The quantitative estimate of drug-likeness (QED) is 0.325. The van der Waals surface area contributed by atoms with Gasteiger partial charge in [-0.25, -0.2) is 9.98 Å². The van der Waals surface area contributed by atoms with Crippen LogP contribution in [-0.2, 0) is 6.54 Å². The van der Waals surface area contributed by atoms with Gasteiger partial charge in [-0.05, 0) is 44.1 Å². The van der Waals surface area contributed by atoms with Crippen LogP contribution >= 0.6 is 35.7 Å². The summed E-state index contributed by atoms with van der Waals surface area (Å²) in [6.45, 7) is 4.75. The van der Waals surface area contributed by atoms with Crippen LogP contribution in [0.5, 0.6) is 5.88 Å². The van der Waals surface area contributed by atoms with Crippen molar-refractivity contribution in [1.82, 2.24) is 15.6 Å². The maximum Gasteiger partial charge on any atom is 0.422 e. The Morgan fingerprint density at radius 1 is 1.41 bits per heavy atom. The van der Waals surface area contributed by atoms with E-state index in [1.54, 1.807) is 6.07 Å². The zero-order valence-corrected chi connectivity index (χ0v) is 18.6. The number of hydrogen-bond acceptors (Lipinski definition) is 4. The van der Waals surface area contributed by atoms with Gasteiger partial charge in [0.25, 0.3) is 0 Å². The van der Waals surface area contributed by atoms with Crippen LogP contribution in [0.25, 0.3) is 0 Å². The Hall–Kier alpha value is -0.910. The number of ether oxygens (including phenoxy) is 1. The number of hydrogen-bond donors (Lipinski definition) is 2. The standard InChI is InChI=1S/C17H25F3N4OS.HI/c1-3-21-15(24-11-16(2)6-4-8-26-16)23-10-13-5-7-22-14(9-13)25-12-17(18,19)20;/h5,7,9H,3-4,6,8,10-12H2,1-2H3,(H2,21,23,24);1H. The van der Waals surface area contributed by atoms with Crippen LogP contribution in [0.2, 0.25) is 0 Å². The summed E-state index contributed by atoms with van der Waals surface area (Å²) >= 11 is 1.97. The number of aromatic nitrogens is 1. The molecule has 0 amide bonds. The summed E-state index contributed by atoms with van der Waals surface area (Å²) < 4.78 is 41.6. The lowest BCUT2D eigenvalue weighted by molar-refractivity contribution is -0.154. The van der Waals surface area contributed by atoms with Crippen molar-refractivity contribution in [2.24, 2.45) is 4.99 Å². The number of alkyl halides is 3. The highest BCUT2D eigenvalue weighted by Gasteiger charge is 2.29. The Kier molecular flexibility index (Phi) is 9.99. The Bertz CT molecular complexity index is 610. The highest BCUT2D eigenvalue weighted by molar-refractivity contribution is 14.0. The van der Waals surface area contributed by atoms with Crippen molar-refractivity contribution in [2.75, 3.05) is 25.4 Å². The van der Waals surface area contributed by atoms with Gasteiger partial charge in [0, 0.05) is 30.1 Å². The first-order valence-electron chi connectivity index (χ1n) is 8.60. The molecule has 0 aliphatic carbocycles. The summed E-state index contributed by atoms with van der Waals surface area (Å²) in [5, 5.41) is 6.54. The van der Waals surface area contributed by atoms with Crippen molar-refractivity contribution in [2.45, 2.75) is 44.2 Å². The maximum atomic E-state index is 12.2. The molecule has 1 aromatic heterocycles. The zero-order chi connectivity index (χ0) is 19.0. The van der Waals surface area contributed by atoms with E-state index in [1.807, 2.05) is 18.7 Å². The van der Waals surface area contributed by atoms with Crippen LogP contribution in [0, 0.1) is 0 Å². The first kappa shape index (κ1) is 24.1. The fourth-order valence-electron chi connectivity index (χ4n) is 2.54. The second-order valence-electron chi connectivity index (χ2n) is 6.36. The fourth-order valence-corrected chi connectivity index (χ4v) is 3.79. The molecule has 1 fully saturated rings. The lowest BCUT2D eigenvalue weighted by Crippen LogP contribution is -2.43. The molecule has 2 N–H and O–H groups in total. The van der Waals surface area contributed by atoms with Gasteiger partial charge in [-0.2, -0.15) is 24.9 Å². The second-order valence-corrected chi connectivity index (χ2v) is 8.04. The first-order chi connectivity index (χ1) is 12.3. The number of nitrogens with one attached hydrogen (secondary N) is 2. The van der Waals surface area contributed by atoms with Crippen LogP contribution < -0.4 is 15.4 Å². The van der Waals surface area contributed by atoms with Crippen molar-refractivity contribution in [3.63, 3.8) is 0 Å². The lowest BCUT2D eigenvalue weighted by Gasteiger charge is -2.24. The SMILES string of the molecule is CCNC(=NCc1ccnc(OCC(F)(F)F)c1)NCC1(C)CCCS1.I. The summed E-state index contributed by atoms with van der Waals surface area (Å²) in [4.78, 5) is 8.30. The summed E-state index contributed by atoms with van der Waals surface area (Å²) in [6, 6.07) is 3.19. The predicted octanol–water partition coefficient (Wildman–Crippen LogP) is 3.98. The second kappa shape index (κ2) is 11.2. The largest absolute Gasteiger partial charge is 0.468 e. The number of thioether (sulfide) groups is 1. The molecular weight excluding hydrogens is 492 g/mol. The van der Waals surface area contributed by atoms with Gasteiger partial charge in [0.05, 0.1) is 6.54 Å². The van der Waals surface area contributed by atoms with Crippen LogP contribution in [-0.4, -0.2) is 47.3 Å². The number of aliphatic imine (C=N–C) groups is 1. The summed E-state index contributed by atoms with van der Waals surface area (Å²) in [7, 11) is 0. The molecule has 1 aliphatic heterocycles. The van der Waals surface area contributed by atoms with Gasteiger partial charge in [-0.15, -0.1) is 24.0 Å². The minimum absolute atomic E-state index is 0. The highest BCUT2D eigenvalue weighted by atomic mass is 127. The number of halogens is 4. The minimum atomic E-state index is -4.38. The molecule has 1 aromatic rings. The van der Waals surface area contributed by atoms with Crippen LogP contribution in [0.1, 0.15) is 32.3 Å². The van der Waals surface area contributed by atoms with Gasteiger partial charge in [-0.3, -0.25) is 0 Å². The van der Waals surface area contributed by atoms with Gasteiger partial charge >= 0.3 is 6.18 Å². The molecule has 0 saturated carbocycles. The van der Waals surface area contributed by atoms with Crippen LogP contribution in [0.15, 0.2) is 23.3 Å². The molecule has 1 unspecified atom stereocenters. The Labute approximate surface area is 179 Å². The molecule has 1 aliphatic rings. The number of pyridine rings is 1. The molecule has 2 rings (SSSR count). The van der Waals surface area contributed by atoms with E-state index >= 15 is 0 Å². The summed E-state index contributed by atoms with van der Waals surface area (Å²) in [6.07, 6.45) is -0.554. The van der Waals surface area contributed by atoms with E-state index in [2.05, 4.69) is 32.3 Å². The lowest BCUT2D eigenvalue weighted by atomic mass is 10.1. The van der Waals surface area contributed by atoms with Gasteiger partial charge in [0.1, 0.15) is 0 Å². The third-order valence-electron chi connectivity index (χ3n) is 3.88. The van der Waals surface area contributed by atoms with E-state index in [4.69, 9.17) is 0 Å². The molecule has 0 spiro atoms. The van der Waals surface area contributed by atoms with Gasteiger partial charge in [-0.1, -0.05) is 0 Å². The van der Waals surface area contributed by atoms with E-state index in [0.717, 1.165) is 18.7 Å². The molecule has 2 heterocycles. The van der Waals surface area contributed by atoms with E-state index < -0.39 is 12.8 Å². The molecule has 0 radical (unpaired) electrons. The first-order valence-corrected chi connectivity index (χ1v) is 9.59. The third kappa shape index (κ3) is 9.22. The predicted molar refractivity (Wildman–Crippen MR) is 114 cm³/mol.